The Hall–Kier alpha value is -2.70. The molecule has 1 aromatic carbocycles. The number of benzene rings is 1. The third-order valence-electron chi connectivity index (χ3n) is 5.36. The van der Waals surface area contributed by atoms with Gasteiger partial charge in [0.15, 0.2) is 0 Å². The maximum Gasteiger partial charge on any atom is 0.253 e. The van der Waals surface area contributed by atoms with E-state index < -0.39 is 0 Å². The minimum atomic E-state index is -0.109. The lowest BCUT2D eigenvalue weighted by Gasteiger charge is -2.21. The summed E-state index contributed by atoms with van der Waals surface area (Å²) in [5.74, 6) is -0.212. The van der Waals surface area contributed by atoms with Gasteiger partial charge in [0.05, 0.1) is 0 Å². The first-order valence-electron chi connectivity index (χ1n) is 11.0. The highest BCUT2D eigenvalue weighted by atomic mass is 35.5. The molecule has 0 aliphatic heterocycles. The van der Waals surface area contributed by atoms with E-state index in [1.54, 1.807) is 22.3 Å². The summed E-state index contributed by atoms with van der Waals surface area (Å²) in [4.78, 5) is 31.3. The van der Waals surface area contributed by atoms with E-state index in [-0.39, 0.29) is 17.2 Å². The average molecular weight is 484 g/mol. The zero-order valence-corrected chi connectivity index (χ0v) is 21.3. The highest BCUT2D eigenvalue weighted by Gasteiger charge is 2.18. The smallest absolute Gasteiger partial charge is 0.253 e. The van der Waals surface area contributed by atoms with Crippen molar-refractivity contribution < 1.29 is 9.59 Å². The quantitative estimate of drug-likeness (QED) is 0.446. The summed E-state index contributed by atoms with van der Waals surface area (Å²) in [5, 5.41) is 5.34. The second kappa shape index (κ2) is 10.5. The molecular formula is C26H30ClN3O2S. The molecule has 3 aromatic rings. The molecule has 3 rings (SSSR count). The van der Waals surface area contributed by atoms with Crippen molar-refractivity contribution in [3.05, 3.63) is 64.3 Å². The molecule has 0 aliphatic rings. The molecule has 0 saturated heterocycles. The summed E-state index contributed by atoms with van der Waals surface area (Å²) in [6, 6.07) is 11.7. The standard InChI is InChI=1S/C26H30ClN3O2S/c1-6-30(12-11-28-17(2)31)25(32)19-7-8-21(22(27)13-19)20-14-23(33-16-20)18-9-10-29-24(15-18)26(3,4)5/h7-10,13-16H,6,11-12H2,1-5H3,(H,28,31). The number of carbonyl (C=O) groups excluding carboxylic acids is 2. The number of carbonyl (C=O) groups is 2. The molecule has 174 valence electrons. The monoisotopic (exact) mass is 483 g/mol. The maximum atomic E-state index is 12.9. The van der Waals surface area contributed by atoms with Crippen LogP contribution < -0.4 is 5.32 Å². The molecule has 0 unspecified atom stereocenters. The summed E-state index contributed by atoms with van der Waals surface area (Å²) >= 11 is 8.27. The van der Waals surface area contributed by atoms with E-state index in [1.807, 2.05) is 31.3 Å². The molecule has 1 N–H and O–H groups in total. The first-order valence-corrected chi connectivity index (χ1v) is 12.2. The Bertz CT molecular complexity index is 1150. The maximum absolute atomic E-state index is 12.9. The summed E-state index contributed by atoms with van der Waals surface area (Å²) in [6.45, 7) is 11.3. The van der Waals surface area contributed by atoms with Gasteiger partial charge in [0.25, 0.3) is 5.91 Å². The fourth-order valence-corrected chi connectivity index (χ4v) is 4.65. The molecule has 0 aliphatic carbocycles. The van der Waals surface area contributed by atoms with Gasteiger partial charge in [-0.1, -0.05) is 38.4 Å². The van der Waals surface area contributed by atoms with Crippen molar-refractivity contribution in [3.8, 4) is 21.6 Å². The molecule has 33 heavy (non-hydrogen) atoms. The fourth-order valence-electron chi connectivity index (χ4n) is 3.46. The lowest BCUT2D eigenvalue weighted by molar-refractivity contribution is -0.119. The van der Waals surface area contributed by atoms with Crippen molar-refractivity contribution in [2.45, 2.75) is 40.0 Å². The molecule has 0 fully saturated rings. The number of nitrogens with zero attached hydrogens (tertiary/aromatic N) is 2. The van der Waals surface area contributed by atoms with Gasteiger partial charge in [0, 0.05) is 64.9 Å². The Kier molecular flexibility index (Phi) is 7.92. The van der Waals surface area contributed by atoms with Gasteiger partial charge in [-0.15, -0.1) is 11.3 Å². The van der Waals surface area contributed by atoms with Crippen molar-refractivity contribution in [1.82, 2.24) is 15.2 Å². The molecule has 2 heterocycles. The van der Waals surface area contributed by atoms with Gasteiger partial charge in [-0.05, 0) is 53.8 Å². The molecule has 0 bridgehead atoms. The predicted molar refractivity (Wildman–Crippen MR) is 137 cm³/mol. The molecule has 7 heteroatoms. The van der Waals surface area contributed by atoms with Gasteiger partial charge in [-0.25, -0.2) is 0 Å². The lowest BCUT2D eigenvalue weighted by atomic mass is 9.90. The molecule has 0 spiro atoms. The van der Waals surface area contributed by atoms with Gasteiger partial charge in [0.1, 0.15) is 0 Å². The molecule has 2 aromatic heterocycles. The van der Waals surface area contributed by atoms with Gasteiger partial charge < -0.3 is 10.2 Å². The fraction of sp³-hybridized carbons (Fsp3) is 0.346. The van der Waals surface area contributed by atoms with E-state index in [0.717, 1.165) is 27.3 Å². The van der Waals surface area contributed by atoms with Crippen LogP contribution in [0.5, 0.6) is 0 Å². The summed E-state index contributed by atoms with van der Waals surface area (Å²) in [6.07, 6.45) is 1.86. The number of hydrogen-bond acceptors (Lipinski definition) is 4. The lowest BCUT2D eigenvalue weighted by Crippen LogP contribution is -2.37. The Morgan fingerprint density at radius 3 is 2.52 bits per heavy atom. The van der Waals surface area contributed by atoms with Gasteiger partial charge in [-0.2, -0.15) is 0 Å². The van der Waals surface area contributed by atoms with Crippen molar-refractivity contribution in [2.24, 2.45) is 0 Å². The SMILES string of the molecule is CCN(CCNC(C)=O)C(=O)c1ccc(-c2csc(-c3ccnc(C(C)(C)C)c3)c2)c(Cl)c1. The topological polar surface area (TPSA) is 62.3 Å². The van der Waals surface area contributed by atoms with Crippen LogP contribution in [0.4, 0.5) is 0 Å². The van der Waals surface area contributed by atoms with Gasteiger partial charge >= 0.3 is 0 Å². The third kappa shape index (κ3) is 6.21. The van der Waals surface area contributed by atoms with Crippen LogP contribution in [0.1, 0.15) is 50.7 Å². The summed E-state index contributed by atoms with van der Waals surface area (Å²) in [5.41, 5.74) is 4.61. The van der Waals surface area contributed by atoms with E-state index in [2.05, 4.69) is 48.6 Å². The zero-order chi connectivity index (χ0) is 24.2. The molecular weight excluding hydrogens is 454 g/mol. The number of aromatic nitrogens is 1. The number of amides is 2. The van der Waals surface area contributed by atoms with E-state index in [0.29, 0.717) is 30.2 Å². The highest BCUT2D eigenvalue weighted by molar-refractivity contribution is 7.14. The largest absolute Gasteiger partial charge is 0.355 e. The Morgan fingerprint density at radius 2 is 1.88 bits per heavy atom. The number of rotatable bonds is 7. The Balaban J connectivity index is 1.80. The number of pyridine rings is 1. The number of thiophene rings is 1. The molecule has 0 saturated carbocycles. The second-order valence-electron chi connectivity index (χ2n) is 8.94. The molecule has 2 amide bonds. The molecule has 5 nitrogen and oxygen atoms in total. The third-order valence-corrected chi connectivity index (χ3v) is 6.66. The van der Waals surface area contributed by atoms with E-state index in [4.69, 9.17) is 11.6 Å². The molecule has 0 radical (unpaired) electrons. The van der Waals surface area contributed by atoms with Crippen molar-refractivity contribution in [1.29, 1.82) is 0 Å². The van der Waals surface area contributed by atoms with Crippen LogP contribution in [0.15, 0.2) is 48.0 Å². The number of halogens is 1. The van der Waals surface area contributed by atoms with Gasteiger partial charge in [-0.3, -0.25) is 14.6 Å². The van der Waals surface area contributed by atoms with E-state index in [9.17, 15) is 9.59 Å². The van der Waals surface area contributed by atoms with E-state index >= 15 is 0 Å². The van der Waals surface area contributed by atoms with Crippen molar-refractivity contribution in [2.75, 3.05) is 19.6 Å². The van der Waals surface area contributed by atoms with Crippen LogP contribution >= 0.6 is 22.9 Å². The first-order chi connectivity index (χ1) is 15.6. The van der Waals surface area contributed by atoms with Gasteiger partial charge in [0.2, 0.25) is 5.91 Å². The first kappa shape index (κ1) is 24.9. The average Bonchev–Trinajstić information content (AvgIpc) is 3.25. The summed E-state index contributed by atoms with van der Waals surface area (Å²) < 4.78 is 0. The van der Waals surface area contributed by atoms with Crippen LogP contribution in [0.2, 0.25) is 5.02 Å². The minimum absolute atomic E-state index is 0.0176. The normalized spacial score (nSPS) is 11.3. The second-order valence-corrected chi connectivity index (χ2v) is 10.3. The summed E-state index contributed by atoms with van der Waals surface area (Å²) in [7, 11) is 0. The zero-order valence-electron chi connectivity index (χ0n) is 19.7. The van der Waals surface area contributed by atoms with Crippen LogP contribution in [-0.2, 0) is 10.2 Å². The number of hydrogen-bond donors (Lipinski definition) is 1. The van der Waals surface area contributed by atoms with Crippen molar-refractivity contribution >= 4 is 34.8 Å². The van der Waals surface area contributed by atoms with Crippen LogP contribution in [0.25, 0.3) is 21.6 Å². The Labute approximate surface area is 204 Å². The number of likely N-dealkylation sites (N-methyl/N-ethyl adjacent to an activating group) is 1. The van der Waals surface area contributed by atoms with Crippen molar-refractivity contribution in [3.63, 3.8) is 0 Å². The van der Waals surface area contributed by atoms with Crippen LogP contribution in [0, 0.1) is 0 Å². The van der Waals surface area contributed by atoms with Crippen LogP contribution in [-0.4, -0.2) is 41.3 Å². The highest BCUT2D eigenvalue weighted by Crippen LogP contribution is 2.37. The van der Waals surface area contributed by atoms with E-state index in [1.165, 1.54) is 6.92 Å². The number of nitrogens with one attached hydrogen (secondary N) is 1. The predicted octanol–water partition coefficient (Wildman–Crippen LogP) is 6.03. The minimum Gasteiger partial charge on any atom is -0.355 e. The van der Waals surface area contributed by atoms with Crippen LogP contribution in [0.3, 0.4) is 0 Å². The Morgan fingerprint density at radius 1 is 1.12 bits per heavy atom. The molecule has 0 atom stereocenters.